The van der Waals surface area contributed by atoms with E-state index >= 15 is 0 Å². The summed E-state index contributed by atoms with van der Waals surface area (Å²) in [5.41, 5.74) is 0.616. The lowest BCUT2D eigenvalue weighted by Crippen LogP contribution is -2.11. The number of rotatable bonds is 3. The first kappa shape index (κ1) is 11.0. The summed E-state index contributed by atoms with van der Waals surface area (Å²) in [4.78, 5) is 21.8. The Bertz CT molecular complexity index is 426. The van der Waals surface area contributed by atoms with Crippen LogP contribution in [0, 0.1) is 6.92 Å². The summed E-state index contributed by atoms with van der Waals surface area (Å²) in [5, 5.41) is 20.4. The molecule has 0 bridgehead atoms. The Morgan fingerprint density at radius 1 is 1.20 bits per heavy atom. The van der Waals surface area contributed by atoms with Crippen molar-refractivity contribution in [1.29, 1.82) is 0 Å². The molecule has 1 aromatic rings. The minimum absolute atomic E-state index is 0.00241. The summed E-state index contributed by atoms with van der Waals surface area (Å²) in [6.07, 6.45) is 0. The van der Waals surface area contributed by atoms with Crippen LogP contribution in [0.4, 0.5) is 5.69 Å². The van der Waals surface area contributed by atoms with Crippen LogP contribution >= 0.6 is 0 Å². The van der Waals surface area contributed by atoms with Gasteiger partial charge in [-0.2, -0.15) is 0 Å². The highest BCUT2D eigenvalue weighted by molar-refractivity contribution is 6.04. The highest BCUT2D eigenvalue weighted by Gasteiger charge is 2.19. The molecule has 0 fully saturated rings. The van der Waals surface area contributed by atoms with Crippen LogP contribution in [-0.2, 0) is 0 Å². The van der Waals surface area contributed by atoms with Crippen molar-refractivity contribution >= 4 is 17.6 Å². The molecular formula is C10H11NO4. The van der Waals surface area contributed by atoms with Crippen molar-refractivity contribution in [2.24, 2.45) is 0 Å². The zero-order chi connectivity index (χ0) is 11.6. The monoisotopic (exact) mass is 209 g/mol. The van der Waals surface area contributed by atoms with Crippen LogP contribution in [0.15, 0.2) is 12.1 Å². The van der Waals surface area contributed by atoms with Crippen molar-refractivity contribution in [3.8, 4) is 0 Å². The van der Waals surface area contributed by atoms with E-state index in [1.54, 1.807) is 6.92 Å². The zero-order valence-corrected chi connectivity index (χ0v) is 8.37. The van der Waals surface area contributed by atoms with Gasteiger partial charge in [0.15, 0.2) is 0 Å². The topological polar surface area (TPSA) is 86.6 Å². The number of aryl methyl sites for hydroxylation is 1. The van der Waals surface area contributed by atoms with E-state index in [0.29, 0.717) is 5.56 Å². The summed E-state index contributed by atoms with van der Waals surface area (Å²) in [6.45, 7) is 1.62. The third-order valence-electron chi connectivity index (χ3n) is 2.11. The molecule has 5 nitrogen and oxygen atoms in total. The van der Waals surface area contributed by atoms with Gasteiger partial charge in [-0.1, -0.05) is 6.07 Å². The molecule has 0 aliphatic rings. The third-order valence-corrected chi connectivity index (χ3v) is 2.11. The van der Waals surface area contributed by atoms with Crippen LogP contribution in [0.2, 0.25) is 0 Å². The van der Waals surface area contributed by atoms with Crippen LogP contribution < -0.4 is 5.32 Å². The number of carboxylic acid groups (broad SMARTS) is 2. The molecule has 0 aliphatic carbocycles. The number of aromatic carboxylic acids is 2. The molecule has 0 spiro atoms. The Morgan fingerprint density at radius 2 is 1.80 bits per heavy atom. The van der Waals surface area contributed by atoms with Crippen molar-refractivity contribution in [3.05, 3.63) is 28.8 Å². The van der Waals surface area contributed by atoms with Gasteiger partial charge in [0.1, 0.15) is 0 Å². The second kappa shape index (κ2) is 4.00. The van der Waals surface area contributed by atoms with E-state index in [4.69, 9.17) is 10.2 Å². The molecule has 0 atom stereocenters. The number of nitrogens with one attached hydrogen (secondary N) is 1. The van der Waals surface area contributed by atoms with Gasteiger partial charge in [-0.3, -0.25) is 0 Å². The van der Waals surface area contributed by atoms with Gasteiger partial charge in [-0.15, -0.1) is 0 Å². The smallest absolute Gasteiger partial charge is 0.338 e. The molecule has 80 valence electrons. The number of carbonyl (C=O) groups is 2. The van der Waals surface area contributed by atoms with E-state index in [1.807, 2.05) is 0 Å². The summed E-state index contributed by atoms with van der Waals surface area (Å²) in [5.74, 6) is -2.29. The number of benzene rings is 1. The maximum absolute atomic E-state index is 10.9. The second-order valence-corrected chi connectivity index (χ2v) is 3.04. The SMILES string of the molecule is CNc1c(C(=O)O)ccc(C)c1C(=O)O. The molecule has 0 radical (unpaired) electrons. The van der Waals surface area contributed by atoms with Gasteiger partial charge in [0.05, 0.1) is 16.8 Å². The van der Waals surface area contributed by atoms with E-state index in [2.05, 4.69) is 5.32 Å². The van der Waals surface area contributed by atoms with E-state index < -0.39 is 11.9 Å². The molecule has 3 N–H and O–H groups in total. The Labute approximate surface area is 86.4 Å². The molecule has 1 aromatic carbocycles. The van der Waals surface area contributed by atoms with Crippen LogP contribution in [0.1, 0.15) is 26.3 Å². The minimum atomic E-state index is -1.15. The number of anilines is 1. The first-order valence-electron chi connectivity index (χ1n) is 4.27. The molecule has 0 heterocycles. The second-order valence-electron chi connectivity index (χ2n) is 3.04. The third kappa shape index (κ3) is 1.90. The average Bonchev–Trinajstić information content (AvgIpc) is 2.15. The molecule has 0 saturated heterocycles. The van der Waals surface area contributed by atoms with Crippen LogP contribution in [0.3, 0.4) is 0 Å². The Hall–Kier alpha value is -2.04. The van der Waals surface area contributed by atoms with Crippen molar-refractivity contribution in [3.63, 3.8) is 0 Å². The summed E-state index contributed by atoms with van der Waals surface area (Å²) < 4.78 is 0. The van der Waals surface area contributed by atoms with E-state index in [0.717, 1.165) is 0 Å². The molecule has 0 aromatic heterocycles. The minimum Gasteiger partial charge on any atom is -0.478 e. The van der Waals surface area contributed by atoms with E-state index in [9.17, 15) is 9.59 Å². The fourth-order valence-corrected chi connectivity index (χ4v) is 1.42. The van der Waals surface area contributed by atoms with Gasteiger partial charge in [0, 0.05) is 7.05 Å². The van der Waals surface area contributed by atoms with Gasteiger partial charge in [-0.25, -0.2) is 9.59 Å². The van der Waals surface area contributed by atoms with Gasteiger partial charge in [0.25, 0.3) is 0 Å². The maximum atomic E-state index is 10.9. The largest absolute Gasteiger partial charge is 0.478 e. The predicted octanol–water partition coefficient (Wildman–Crippen LogP) is 1.43. The molecule has 0 saturated carbocycles. The van der Waals surface area contributed by atoms with Crippen molar-refractivity contribution in [2.75, 3.05) is 12.4 Å². The first-order chi connectivity index (χ1) is 6.99. The fourth-order valence-electron chi connectivity index (χ4n) is 1.42. The molecular weight excluding hydrogens is 198 g/mol. The molecule has 15 heavy (non-hydrogen) atoms. The van der Waals surface area contributed by atoms with Crippen molar-refractivity contribution in [1.82, 2.24) is 0 Å². The fraction of sp³-hybridized carbons (Fsp3) is 0.200. The Morgan fingerprint density at radius 3 is 2.20 bits per heavy atom. The van der Waals surface area contributed by atoms with Crippen LogP contribution in [0.5, 0.6) is 0 Å². The lowest BCUT2D eigenvalue weighted by Gasteiger charge is -2.11. The lowest BCUT2D eigenvalue weighted by molar-refractivity contribution is 0.0695. The summed E-state index contributed by atoms with van der Waals surface area (Å²) in [7, 11) is 1.49. The number of hydrogen-bond acceptors (Lipinski definition) is 3. The number of carboxylic acids is 2. The standard InChI is InChI=1S/C10H11NO4/c1-5-3-4-6(9(12)13)8(11-2)7(5)10(14)15/h3-4,11H,1-2H3,(H,12,13)(H,14,15). The Balaban J connectivity index is 3.54. The molecule has 0 unspecified atom stereocenters. The molecule has 1 rings (SSSR count). The van der Waals surface area contributed by atoms with E-state index in [-0.39, 0.29) is 16.8 Å². The summed E-state index contributed by atoms with van der Waals surface area (Å²) in [6, 6.07) is 2.86. The van der Waals surface area contributed by atoms with E-state index in [1.165, 1.54) is 19.2 Å². The first-order valence-corrected chi connectivity index (χ1v) is 4.27. The van der Waals surface area contributed by atoms with Gasteiger partial charge in [-0.05, 0) is 18.6 Å². The van der Waals surface area contributed by atoms with Gasteiger partial charge < -0.3 is 15.5 Å². The highest BCUT2D eigenvalue weighted by Crippen LogP contribution is 2.24. The summed E-state index contributed by atoms with van der Waals surface area (Å²) >= 11 is 0. The average molecular weight is 209 g/mol. The molecule has 0 amide bonds. The van der Waals surface area contributed by atoms with Gasteiger partial charge >= 0.3 is 11.9 Å². The van der Waals surface area contributed by atoms with Crippen LogP contribution in [0.25, 0.3) is 0 Å². The normalized spacial score (nSPS) is 9.73. The van der Waals surface area contributed by atoms with Gasteiger partial charge in [0.2, 0.25) is 0 Å². The molecule has 5 heteroatoms. The quantitative estimate of drug-likeness (QED) is 0.701. The predicted molar refractivity (Wildman–Crippen MR) is 54.6 cm³/mol. The van der Waals surface area contributed by atoms with Crippen LogP contribution in [-0.4, -0.2) is 29.2 Å². The van der Waals surface area contributed by atoms with Crippen molar-refractivity contribution < 1.29 is 19.8 Å². The molecule has 0 aliphatic heterocycles. The number of hydrogen-bond donors (Lipinski definition) is 3. The van der Waals surface area contributed by atoms with Crippen molar-refractivity contribution in [2.45, 2.75) is 6.92 Å². The Kier molecular flexibility index (Phi) is 2.94. The zero-order valence-electron chi connectivity index (χ0n) is 8.37. The highest BCUT2D eigenvalue weighted by atomic mass is 16.4. The maximum Gasteiger partial charge on any atom is 0.338 e. The lowest BCUT2D eigenvalue weighted by atomic mass is 10.0.